The van der Waals surface area contributed by atoms with Crippen molar-refractivity contribution in [1.82, 2.24) is 5.32 Å². The minimum Gasteiger partial charge on any atom is -0.352 e. The maximum absolute atomic E-state index is 12.4. The van der Waals surface area contributed by atoms with Gasteiger partial charge in [-0.3, -0.25) is 14.4 Å². The highest BCUT2D eigenvalue weighted by Gasteiger charge is 2.24. The average molecular weight is 333 g/mol. The van der Waals surface area contributed by atoms with E-state index in [1.165, 1.54) is 6.08 Å². The number of fused-ring (bicyclic) bond motifs is 1. The molecule has 2 aromatic rings. The third-order valence-electron chi connectivity index (χ3n) is 4.23. The molecule has 0 unspecified atom stereocenters. The lowest BCUT2D eigenvalue weighted by atomic mass is 9.87. The lowest BCUT2D eigenvalue weighted by molar-refractivity contribution is 0.0951. The normalized spacial score (nSPS) is 13.2. The quantitative estimate of drug-likeness (QED) is 0.822. The Bertz CT molecular complexity index is 837. The molecule has 0 bridgehead atoms. The SMILES string of the molecule is O=C(NCCCCC1=CC(=O)c2ccccc2C1=O)c1ccccc1. The highest BCUT2D eigenvalue weighted by molar-refractivity contribution is 6.24. The van der Waals surface area contributed by atoms with Crippen LogP contribution in [0.5, 0.6) is 0 Å². The summed E-state index contributed by atoms with van der Waals surface area (Å²) in [5, 5.41) is 2.86. The van der Waals surface area contributed by atoms with Crippen molar-refractivity contribution < 1.29 is 14.4 Å². The summed E-state index contributed by atoms with van der Waals surface area (Å²) in [4.78, 5) is 36.4. The molecule has 1 aliphatic carbocycles. The van der Waals surface area contributed by atoms with Crippen LogP contribution in [-0.4, -0.2) is 24.0 Å². The molecule has 25 heavy (non-hydrogen) atoms. The molecule has 2 aromatic carbocycles. The molecular formula is C21H19NO3. The molecule has 126 valence electrons. The van der Waals surface area contributed by atoms with Gasteiger partial charge in [-0.25, -0.2) is 0 Å². The number of Topliss-reactive ketones (excluding diaryl/α,β-unsaturated/α-hetero) is 1. The van der Waals surface area contributed by atoms with E-state index in [1.54, 1.807) is 36.4 Å². The molecule has 1 amide bonds. The summed E-state index contributed by atoms with van der Waals surface area (Å²) < 4.78 is 0. The van der Waals surface area contributed by atoms with Gasteiger partial charge >= 0.3 is 0 Å². The fraction of sp³-hybridized carbons (Fsp3) is 0.190. The van der Waals surface area contributed by atoms with Crippen LogP contribution in [0.2, 0.25) is 0 Å². The number of benzene rings is 2. The lowest BCUT2D eigenvalue weighted by Crippen LogP contribution is -2.24. The summed E-state index contributed by atoms with van der Waals surface area (Å²) in [5.74, 6) is -0.274. The number of hydrogen-bond acceptors (Lipinski definition) is 3. The summed E-state index contributed by atoms with van der Waals surface area (Å²) >= 11 is 0. The largest absolute Gasteiger partial charge is 0.352 e. The maximum Gasteiger partial charge on any atom is 0.251 e. The predicted octanol–water partition coefficient (Wildman–Crippen LogP) is 3.59. The van der Waals surface area contributed by atoms with Crippen LogP contribution in [0, 0.1) is 0 Å². The molecule has 0 fully saturated rings. The number of carbonyl (C=O) groups excluding carboxylic acids is 3. The Hall–Kier alpha value is -3.01. The molecule has 4 nitrogen and oxygen atoms in total. The Morgan fingerprint density at radius 3 is 2.28 bits per heavy atom. The van der Waals surface area contributed by atoms with E-state index >= 15 is 0 Å². The zero-order chi connectivity index (χ0) is 17.6. The molecular weight excluding hydrogens is 314 g/mol. The first-order chi connectivity index (χ1) is 12.2. The van der Waals surface area contributed by atoms with Gasteiger partial charge in [-0.05, 0) is 37.5 Å². The van der Waals surface area contributed by atoms with E-state index in [0.29, 0.717) is 35.2 Å². The van der Waals surface area contributed by atoms with E-state index in [2.05, 4.69) is 5.32 Å². The zero-order valence-electron chi connectivity index (χ0n) is 13.8. The number of allylic oxidation sites excluding steroid dienone is 2. The fourth-order valence-electron chi connectivity index (χ4n) is 2.89. The second-order valence-electron chi connectivity index (χ2n) is 5.99. The second kappa shape index (κ2) is 7.71. The lowest BCUT2D eigenvalue weighted by Gasteiger charge is -2.14. The number of nitrogens with one attached hydrogen (secondary N) is 1. The molecule has 1 N–H and O–H groups in total. The maximum atomic E-state index is 12.4. The summed E-state index contributed by atoms with van der Waals surface area (Å²) in [6, 6.07) is 16.0. The highest BCUT2D eigenvalue weighted by Crippen LogP contribution is 2.24. The molecule has 0 saturated carbocycles. The van der Waals surface area contributed by atoms with Crippen LogP contribution >= 0.6 is 0 Å². The number of amides is 1. The highest BCUT2D eigenvalue weighted by atomic mass is 16.2. The van der Waals surface area contributed by atoms with Crippen LogP contribution in [0.1, 0.15) is 50.3 Å². The Morgan fingerprint density at radius 1 is 0.840 bits per heavy atom. The Kier molecular flexibility index (Phi) is 5.19. The van der Waals surface area contributed by atoms with E-state index in [9.17, 15) is 14.4 Å². The van der Waals surface area contributed by atoms with Crippen LogP contribution in [0.25, 0.3) is 0 Å². The van der Waals surface area contributed by atoms with Crippen molar-refractivity contribution in [3.8, 4) is 0 Å². The van der Waals surface area contributed by atoms with Gasteiger partial charge in [-0.2, -0.15) is 0 Å². The molecule has 1 aliphatic rings. The van der Waals surface area contributed by atoms with Gasteiger partial charge < -0.3 is 5.32 Å². The van der Waals surface area contributed by atoms with Crippen molar-refractivity contribution in [1.29, 1.82) is 0 Å². The van der Waals surface area contributed by atoms with Gasteiger partial charge in [0.2, 0.25) is 0 Å². The first kappa shape index (κ1) is 16.8. The van der Waals surface area contributed by atoms with E-state index < -0.39 is 0 Å². The summed E-state index contributed by atoms with van der Waals surface area (Å²) in [5.41, 5.74) is 2.15. The van der Waals surface area contributed by atoms with E-state index in [4.69, 9.17) is 0 Å². The van der Waals surface area contributed by atoms with Crippen molar-refractivity contribution in [2.24, 2.45) is 0 Å². The average Bonchev–Trinajstić information content (AvgIpc) is 2.66. The molecule has 0 aliphatic heterocycles. The Morgan fingerprint density at radius 2 is 1.52 bits per heavy atom. The predicted molar refractivity (Wildman–Crippen MR) is 95.8 cm³/mol. The minimum atomic E-state index is -0.109. The van der Waals surface area contributed by atoms with Gasteiger partial charge in [0, 0.05) is 28.8 Å². The van der Waals surface area contributed by atoms with Crippen LogP contribution < -0.4 is 5.32 Å². The topological polar surface area (TPSA) is 63.2 Å². The number of unbranched alkanes of at least 4 members (excludes halogenated alkanes) is 1. The molecule has 4 heteroatoms. The van der Waals surface area contributed by atoms with Crippen LogP contribution in [0.3, 0.4) is 0 Å². The standard InChI is InChI=1S/C21H19NO3/c23-19-14-16(20(24)18-12-5-4-11-17(18)19)10-6-7-13-22-21(25)15-8-2-1-3-9-15/h1-5,8-9,11-12,14H,6-7,10,13H2,(H,22,25). The van der Waals surface area contributed by atoms with E-state index in [-0.39, 0.29) is 17.5 Å². The molecule has 0 aromatic heterocycles. The Labute approximate surface area is 146 Å². The summed E-state index contributed by atoms with van der Waals surface area (Å²) in [6.07, 6.45) is 3.48. The molecule has 0 spiro atoms. The number of ketones is 2. The fourth-order valence-corrected chi connectivity index (χ4v) is 2.89. The van der Waals surface area contributed by atoms with Crippen LogP contribution in [0.4, 0.5) is 0 Å². The summed E-state index contributed by atoms with van der Waals surface area (Å²) in [6.45, 7) is 0.541. The molecule has 3 rings (SSSR count). The molecule has 0 saturated heterocycles. The third-order valence-corrected chi connectivity index (χ3v) is 4.23. The zero-order valence-corrected chi connectivity index (χ0v) is 13.8. The molecule has 0 atom stereocenters. The third kappa shape index (κ3) is 3.91. The van der Waals surface area contributed by atoms with Gasteiger partial charge in [0.05, 0.1) is 0 Å². The monoisotopic (exact) mass is 333 g/mol. The second-order valence-corrected chi connectivity index (χ2v) is 5.99. The van der Waals surface area contributed by atoms with Gasteiger partial charge in [0.15, 0.2) is 11.6 Å². The van der Waals surface area contributed by atoms with Gasteiger partial charge in [0.1, 0.15) is 0 Å². The van der Waals surface area contributed by atoms with Crippen molar-refractivity contribution >= 4 is 17.5 Å². The van der Waals surface area contributed by atoms with Crippen LogP contribution in [0.15, 0.2) is 66.2 Å². The van der Waals surface area contributed by atoms with Gasteiger partial charge in [-0.15, -0.1) is 0 Å². The van der Waals surface area contributed by atoms with Crippen molar-refractivity contribution in [2.45, 2.75) is 19.3 Å². The smallest absolute Gasteiger partial charge is 0.251 e. The minimum absolute atomic E-state index is 0.0662. The number of carbonyl (C=O) groups is 3. The Balaban J connectivity index is 1.48. The van der Waals surface area contributed by atoms with E-state index in [0.717, 1.165) is 12.8 Å². The summed E-state index contributed by atoms with van der Waals surface area (Å²) in [7, 11) is 0. The first-order valence-electron chi connectivity index (χ1n) is 8.38. The van der Waals surface area contributed by atoms with Gasteiger partial charge in [-0.1, -0.05) is 42.5 Å². The molecule has 0 heterocycles. The van der Waals surface area contributed by atoms with Crippen LogP contribution in [-0.2, 0) is 0 Å². The number of rotatable bonds is 6. The van der Waals surface area contributed by atoms with Crippen molar-refractivity contribution in [2.75, 3.05) is 6.54 Å². The molecule has 0 radical (unpaired) electrons. The van der Waals surface area contributed by atoms with Crippen molar-refractivity contribution in [3.63, 3.8) is 0 Å². The van der Waals surface area contributed by atoms with E-state index in [1.807, 2.05) is 18.2 Å². The number of hydrogen-bond donors (Lipinski definition) is 1. The van der Waals surface area contributed by atoms with Gasteiger partial charge in [0.25, 0.3) is 5.91 Å². The van der Waals surface area contributed by atoms with Crippen molar-refractivity contribution in [3.05, 3.63) is 82.9 Å². The first-order valence-corrected chi connectivity index (χ1v) is 8.38.